The molecule has 6 nitrogen and oxygen atoms in total. The van der Waals surface area contributed by atoms with Crippen LogP contribution in [0.3, 0.4) is 0 Å². The highest BCUT2D eigenvalue weighted by Gasteiger charge is 2.33. The molecule has 1 atom stereocenters. The molecule has 1 heterocycles. The number of anilines is 1. The summed E-state index contributed by atoms with van der Waals surface area (Å²) >= 11 is 18.4. The summed E-state index contributed by atoms with van der Waals surface area (Å²) in [5.41, 5.74) is 0.883. The molecule has 10 heteroatoms. The maximum Gasteiger partial charge on any atom is 0.228 e. The highest BCUT2D eigenvalue weighted by atomic mass is 35.5. The summed E-state index contributed by atoms with van der Waals surface area (Å²) in [4.78, 5) is 12.7. The van der Waals surface area contributed by atoms with Crippen molar-refractivity contribution in [2.45, 2.75) is 18.6 Å². The van der Waals surface area contributed by atoms with Crippen molar-refractivity contribution in [2.75, 3.05) is 25.5 Å². The van der Waals surface area contributed by atoms with Gasteiger partial charge in [-0.05, 0) is 43.2 Å². The molecule has 1 saturated heterocycles. The van der Waals surface area contributed by atoms with Crippen LogP contribution in [0.25, 0.3) is 0 Å². The number of rotatable bonds is 6. The number of ether oxygens (including phenoxy) is 1. The molecule has 0 saturated carbocycles. The van der Waals surface area contributed by atoms with Crippen molar-refractivity contribution in [3.05, 3.63) is 57.0 Å². The molecular weight excluding hydrogens is 471 g/mol. The van der Waals surface area contributed by atoms with Crippen molar-refractivity contribution < 1.29 is 17.9 Å². The van der Waals surface area contributed by atoms with Crippen molar-refractivity contribution in [1.29, 1.82) is 0 Å². The molecule has 1 fully saturated rings. The number of halogens is 3. The number of carbonyl (C=O) groups is 1. The van der Waals surface area contributed by atoms with Crippen LogP contribution in [-0.2, 0) is 20.6 Å². The van der Waals surface area contributed by atoms with Gasteiger partial charge in [-0.2, -0.15) is 0 Å². The molecule has 0 spiro atoms. The van der Waals surface area contributed by atoms with Gasteiger partial charge in [-0.15, -0.1) is 0 Å². The summed E-state index contributed by atoms with van der Waals surface area (Å²) in [6.45, 7) is 0.447. The molecule has 1 N–H and O–H groups in total. The Bertz CT molecular complexity index is 1030. The normalized spacial score (nSPS) is 17.5. The Kier molecular flexibility index (Phi) is 7.52. The predicted octanol–water partition coefficient (Wildman–Crippen LogP) is 4.84. The number of nitrogens with zero attached hydrogens (tertiary/aromatic N) is 1. The third-order valence-corrected chi connectivity index (χ3v) is 7.73. The quantitative estimate of drug-likeness (QED) is 0.627. The van der Waals surface area contributed by atoms with Gasteiger partial charge in [-0.25, -0.2) is 12.7 Å². The van der Waals surface area contributed by atoms with E-state index in [-0.39, 0.29) is 18.2 Å². The number of piperidine rings is 1. The first-order valence-corrected chi connectivity index (χ1v) is 12.0. The lowest BCUT2D eigenvalue weighted by atomic mass is 9.98. The summed E-state index contributed by atoms with van der Waals surface area (Å²) in [5, 5.41) is 3.78. The lowest BCUT2D eigenvalue weighted by Crippen LogP contribution is -2.44. The smallest absolute Gasteiger partial charge is 0.228 e. The monoisotopic (exact) mass is 490 g/mol. The van der Waals surface area contributed by atoms with Crippen LogP contribution < -0.4 is 10.1 Å². The maximum atomic E-state index is 12.9. The molecule has 0 unspecified atom stereocenters. The minimum absolute atomic E-state index is 0.0973. The molecule has 1 amide bonds. The average molecular weight is 492 g/mol. The Labute approximate surface area is 191 Å². The number of benzene rings is 2. The molecule has 0 bridgehead atoms. The van der Waals surface area contributed by atoms with Gasteiger partial charge in [0.05, 0.1) is 23.8 Å². The second-order valence-corrected chi connectivity index (χ2v) is 10.2. The molecular formula is C20H21Cl3N2O4S. The van der Waals surface area contributed by atoms with Gasteiger partial charge >= 0.3 is 0 Å². The molecule has 0 aliphatic carbocycles. The van der Waals surface area contributed by atoms with E-state index in [0.29, 0.717) is 51.5 Å². The number of methoxy groups -OCH3 is 1. The molecule has 0 radical (unpaired) electrons. The van der Waals surface area contributed by atoms with Crippen LogP contribution in [0.5, 0.6) is 5.75 Å². The number of nitrogens with one attached hydrogen (secondary N) is 1. The first-order valence-electron chi connectivity index (χ1n) is 9.26. The van der Waals surface area contributed by atoms with Crippen molar-refractivity contribution in [2.24, 2.45) is 5.92 Å². The van der Waals surface area contributed by atoms with Gasteiger partial charge in [0.25, 0.3) is 0 Å². The van der Waals surface area contributed by atoms with Gasteiger partial charge in [0.15, 0.2) is 0 Å². The fourth-order valence-corrected chi connectivity index (χ4v) is 5.96. The second-order valence-electron chi connectivity index (χ2n) is 6.99. The van der Waals surface area contributed by atoms with Crippen LogP contribution in [0.1, 0.15) is 18.4 Å². The second kappa shape index (κ2) is 9.75. The molecule has 1 aliphatic rings. The Morgan fingerprint density at radius 2 is 1.87 bits per heavy atom. The van der Waals surface area contributed by atoms with Crippen molar-refractivity contribution in [3.63, 3.8) is 0 Å². The zero-order valence-electron chi connectivity index (χ0n) is 16.2. The van der Waals surface area contributed by atoms with E-state index in [0.717, 1.165) is 0 Å². The van der Waals surface area contributed by atoms with E-state index in [2.05, 4.69) is 5.32 Å². The maximum absolute atomic E-state index is 12.9. The highest BCUT2D eigenvalue weighted by molar-refractivity contribution is 7.88. The van der Waals surface area contributed by atoms with E-state index >= 15 is 0 Å². The Hall–Kier alpha value is -1.51. The zero-order valence-corrected chi connectivity index (χ0v) is 19.3. The summed E-state index contributed by atoms with van der Waals surface area (Å²) in [5.74, 6) is -0.542. The van der Waals surface area contributed by atoms with Crippen LogP contribution in [-0.4, -0.2) is 38.8 Å². The lowest BCUT2D eigenvalue weighted by Gasteiger charge is -2.31. The highest BCUT2D eigenvalue weighted by Crippen LogP contribution is 2.30. The van der Waals surface area contributed by atoms with Crippen molar-refractivity contribution >= 4 is 56.4 Å². The Balaban J connectivity index is 1.69. The van der Waals surface area contributed by atoms with Crippen LogP contribution in [0.15, 0.2) is 36.4 Å². The van der Waals surface area contributed by atoms with Crippen molar-refractivity contribution in [1.82, 2.24) is 4.31 Å². The molecule has 30 heavy (non-hydrogen) atoms. The number of hydrogen-bond donors (Lipinski definition) is 1. The van der Waals surface area contributed by atoms with Crippen molar-refractivity contribution in [3.8, 4) is 5.75 Å². The third kappa shape index (κ3) is 5.39. The topological polar surface area (TPSA) is 75.7 Å². The third-order valence-electron chi connectivity index (χ3n) is 4.96. The van der Waals surface area contributed by atoms with Crippen LogP contribution in [0.2, 0.25) is 15.1 Å². The fraction of sp³-hybridized carbons (Fsp3) is 0.350. The Morgan fingerprint density at radius 3 is 2.50 bits per heavy atom. The summed E-state index contributed by atoms with van der Waals surface area (Å²) < 4.78 is 32.3. The van der Waals surface area contributed by atoms with Gasteiger partial charge < -0.3 is 10.1 Å². The van der Waals surface area contributed by atoms with Crippen LogP contribution in [0, 0.1) is 5.92 Å². The first-order chi connectivity index (χ1) is 14.2. The number of amides is 1. The number of hydrogen-bond acceptors (Lipinski definition) is 4. The summed E-state index contributed by atoms with van der Waals surface area (Å²) in [7, 11) is -2.18. The standard InChI is InChI=1S/C20H21Cl3N2O4S/c1-29-19-8-7-14(10-18(19)23)24-20(26)13-4-3-9-25(11-13)30(27,28)12-15-16(21)5-2-6-17(15)22/h2,5-8,10,13H,3-4,9,11-12H2,1H3,(H,24,26)/t13-/m0/s1. The molecule has 162 valence electrons. The van der Waals surface area contributed by atoms with E-state index in [1.807, 2.05) is 0 Å². The molecule has 2 aromatic rings. The van der Waals surface area contributed by atoms with Gasteiger partial charge in [0.1, 0.15) is 5.75 Å². The minimum atomic E-state index is -3.69. The van der Waals surface area contributed by atoms with E-state index in [1.165, 1.54) is 11.4 Å². The van der Waals surface area contributed by atoms with Gasteiger partial charge in [-0.3, -0.25) is 4.79 Å². The molecule has 2 aromatic carbocycles. The molecule has 0 aromatic heterocycles. The largest absolute Gasteiger partial charge is 0.495 e. The van der Waals surface area contributed by atoms with E-state index < -0.39 is 15.9 Å². The summed E-state index contributed by atoms with van der Waals surface area (Å²) in [6.07, 6.45) is 1.17. The SMILES string of the molecule is COc1ccc(NC(=O)[C@H]2CCCN(S(=O)(=O)Cc3c(Cl)cccc3Cl)C2)cc1Cl. The van der Waals surface area contributed by atoms with E-state index in [4.69, 9.17) is 39.5 Å². The first kappa shape index (κ1) is 23.2. The van der Waals surface area contributed by atoms with Gasteiger partial charge in [-0.1, -0.05) is 40.9 Å². The molecule has 1 aliphatic heterocycles. The van der Waals surface area contributed by atoms with Crippen LogP contribution >= 0.6 is 34.8 Å². The van der Waals surface area contributed by atoms with Crippen LogP contribution in [0.4, 0.5) is 5.69 Å². The number of carbonyl (C=O) groups excluding carboxylic acids is 1. The number of sulfonamides is 1. The van der Waals surface area contributed by atoms with Gasteiger partial charge in [0.2, 0.25) is 15.9 Å². The Morgan fingerprint density at radius 1 is 1.17 bits per heavy atom. The minimum Gasteiger partial charge on any atom is -0.495 e. The predicted molar refractivity (Wildman–Crippen MR) is 120 cm³/mol. The average Bonchev–Trinajstić information content (AvgIpc) is 2.71. The summed E-state index contributed by atoms with van der Waals surface area (Å²) in [6, 6.07) is 9.79. The fourth-order valence-electron chi connectivity index (χ4n) is 3.34. The van der Waals surface area contributed by atoms with Gasteiger partial charge in [0, 0.05) is 34.4 Å². The van der Waals surface area contributed by atoms with E-state index in [1.54, 1.807) is 36.4 Å². The van der Waals surface area contributed by atoms with E-state index in [9.17, 15) is 13.2 Å². The zero-order chi connectivity index (χ0) is 21.9. The molecule has 3 rings (SSSR count). The lowest BCUT2D eigenvalue weighted by molar-refractivity contribution is -0.120.